The van der Waals surface area contributed by atoms with E-state index in [0.29, 0.717) is 6.07 Å². The van der Waals surface area contributed by atoms with Gasteiger partial charge in [0, 0.05) is 17.8 Å². The van der Waals surface area contributed by atoms with Crippen LogP contribution in [0.4, 0.5) is 25.8 Å². The number of hydrogen-bond acceptors (Lipinski definition) is 4. The topological polar surface area (TPSA) is 101 Å². The maximum atomic E-state index is 13.4. The van der Waals surface area contributed by atoms with Crippen LogP contribution >= 0.6 is 11.6 Å². The number of nitro benzene ring substituents is 1. The minimum Gasteiger partial charge on any atom is -0.318 e. The number of carbonyl (C=O) groups is 2. The number of rotatable bonds is 3. The molecule has 2 rings (SSSR count). The van der Waals surface area contributed by atoms with Gasteiger partial charge in [0.1, 0.15) is 16.7 Å². The van der Waals surface area contributed by atoms with Crippen LogP contribution in [-0.4, -0.2) is 16.7 Å². The third-order valence-corrected chi connectivity index (χ3v) is 3.10. The lowest BCUT2D eigenvalue weighted by atomic mass is 10.2. The Kier molecular flexibility index (Phi) is 5.05. The van der Waals surface area contributed by atoms with Crippen LogP contribution in [0.3, 0.4) is 0 Å². The molecule has 0 saturated carbocycles. The molecule has 0 heterocycles. The van der Waals surface area contributed by atoms with Gasteiger partial charge in [-0.2, -0.15) is 0 Å². The van der Waals surface area contributed by atoms with E-state index >= 15 is 0 Å². The first kappa shape index (κ1) is 17.3. The molecule has 0 unspecified atom stereocenters. The van der Waals surface area contributed by atoms with E-state index in [-0.39, 0.29) is 10.7 Å². The quantitative estimate of drug-likeness (QED) is 0.501. The van der Waals surface area contributed by atoms with Crippen molar-refractivity contribution in [3.8, 4) is 0 Å². The zero-order chi connectivity index (χ0) is 17.9. The van der Waals surface area contributed by atoms with Crippen LogP contribution in [0.2, 0.25) is 5.02 Å². The first-order valence-electron chi connectivity index (χ1n) is 6.29. The molecule has 10 heteroatoms. The smallest absolute Gasteiger partial charge is 0.314 e. The SMILES string of the molecule is O=C(Nc1ccc(Cl)c([N+](=O)[O-])c1)C(=O)Nc1cc(F)ccc1F. The third-order valence-electron chi connectivity index (χ3n) is 2.78. The Balaban J connectivity index is 2.12. The fraction of sp³-hybridized carbons (Fsp3) is 0. The van der Waals surface area contributed by atoms with E-state index in [1.165, 1.54) is 12.1 Å². The van der Waals surface area contributed by atoms with Crippen molar-refractivity contribution in [3.05, 3.63) is 63.2 Å². The van der Waals surface area contributed by atoms with Gasteiger partial charge in [-0.05, 0) is 24.3 Å². The van der Waals surface area contributed by atoms with Gasteiger partial charge >= 0.3 is 11.8 Å². The molecular weight excluding hydrogens is 348 g/mol. The second-order valence-corrected chi connectivity index (χ2v) is 4.86. The van der Waals surface area contributed by atoms with E-state index < -0.39 is 39.7 Å². The second kappa shape index (κ2) is 7.01. The number of benzene rings is 2. The number of nitrogens with one attached hydrogen (secondary N) is 2. The highest BCUT2D eigenvalue weighted by Gasteiger charge is 2.19. The van der Waals surface area contributed by atoms with Crippen LogP contribution in [0.5, 0.6) is 0 Å². The number of amides is 2. The molecule has 7 nitrogen and oxygen atoms in total. The summed E-state index contributed by atoms with van der Waals surface area (Å²) in [7, 11) is 0. The molecule has 2 amide bonds. The summed E-state index contributed by atoms with van der Waals surface area (Å²) in [6.07, 6.45) is 0. The van der Waals surface area contributed by atoms with Gasteiger partial charge in [0.25, 0.3) is 5.69 Å². The summed E-state index contributed by atoms with van der Waals surface area (Å²) >= 11 is 5.62. The average molecular weight is 356 g/mol. The van der Waals surface area contributed by atoms with Crippen molar-refractivity contribution in [1.82, 2.24) is 0 Å². The zero-order valence-electron chi connectivity index (χ0n) is 11.7. The minimum atomic E-state index is -1.28. The Bertz CT molecular complexity index is 845. The fourth-order valence-corrected chi connectivity index (χ4v) is 1.88. The number of carbonyl (C=O) groups excluding carboxylic acids is 2. The molecular formula is C14H8ClF2N3O4. The lowest BCUT2D eigenvalue weighted by Gasteiger charge is -2.07. The van der Waals surface area contributed by atoms with E-state index in [1.54, 1.807) is 0 Å². The van der Waals surface area contributed by atoms with Crippen LogP contribution in [-0.2, 0) is 9.59 Å². The highest BCUT2D eigenvalue weighted by atomic mass is 35.5. The van der Waals surface area contributed by atoms with Crippen molar-refractivity contribution in [1.29, 1.82) is 0 Å². The largest absolute Gasteiger partial charge is 0.318 e. The lowest BCUT2D eigenvalue weighted by Crippen LogP contribution is -2.29. The maximum Gasteiger partial charge on any atom is 0.314 e. The minimum absolute atomic E-state index is 0.0639. The predicted molar refractivity (Wildman–Crippen MR) is 81.7 cm³/mol. The summed E-state index contributed by atoms with van der Waals surface area (Å²) in [6.45, 7) is 0. The summed E-state index contributed by atoms with van der Waals surface area (Å²) in [5.74, 6) is -4.24. The molecule has 0 bridgehead atoms. The van der Waals surface area contributed by atoms with Crippen molar-refractivity contribution in [3.63, 3.8) is 0 Å². The summed E-state index contributed by atoms with van der Waals surface area (Å²) < 4.78 is 26.4. The molecule has 0 radical (unpaired) electrons. The Morgan fingerprint density at radius 3 is 2.38 bits per heavy atom. The van der Waals surface area contributed by atoms with Crippen molar-refractivity contribution in [2.75, 3.05) is 10.6 Å². The molecule has 124 valence electrons. The number of anilines is 2. The zero-order valence-corrected chi connectivity index (χ0v) is 12.4. The van der Waals surface area contributed by atoms with Crippen molar-refractivity contribution in [2.24, 2.45) is 0 Å². The molecule has 0 saturated heterocycles. The summed E-state index contributed by atoms with van der Waals surface area (Å²) in [6, 6.07) is 5.69. The Hall–Kier alpha value is -3.07. The van der Waals surface area contributed by atoms with Gasteiger partial charge in [0.05, 0.1) is 10.6 Å². The number of hydrogen-bond donors (Lipinski definition) is 2. The molecule has 0 aliphatic heterocycles. The van der Waals surface area contributed by atoms with E-state index in [0.717, 1.165) is 18.2 Å². The monoisotopic (exact) mass is 355 g/mol. The molecule has 24 heavy (non-hydrogen) atoms. The predicted octanol–water partition coefficient (Wildman–Crippen LogP) is 3.10. The lowest BCUT2D eigenvalue weighted by molar-refractivity contribution is -0.384. The molecule has 2 N–H and O–H groups in total. The third kappa shape index (κ3) is 4.02. The Labute approximate surface area is 138 Å². The van der Waals surface area contributed by atoms with Gasteiger partial charge in [-0.25, -0.2) is 8.78 Å². The molecule has 0 aliphatic carbocycles. The second-order valence-electron chi connectivity index (χ2n) is 4.46. The van der Waals surface area contributed by atoms with Crippen LogP contribution in [0, 0.1) is 21.7 Å². The first-order valence-corrected chi connectivity index (χ1v) is 6.67. The van der Waals surface area contributed by atoms with Crippen molar-refractivity contribution >= 4 is 40.5 Å². The number of nitro groups is 1. The van der Waals surface area contributed by atoms with Crippen LogP contribution in [0.1, 0.15) is 0 Å². The molecule has 2 aromatic rings. The molecule has 0 spiro atoms. The fourth-order valence-electron chi connectivity index (χ4n) is 1.69. The van der Waals surface area contributed by atoms with Crippen molar-refractivity contribution in [2.45, 2.75) is 0 Å². The molecule has 0 fully saturated rings. The average Bonchev–Trinajstić information content (AvgIpc) is 2.52. The molecule has 0 atom stereocenters. The van der Waals surface area contributed by atoms with Gasteiger partial charge in [-0.1, -0.05) is 11.6 Å². The molecule has 2 aromatic carbocycles. The maximum absolute atomic E-state index is 13.4. The number of nitrogens with zero attached hydrogens (tertiary/aromatic N) is 1. The normalized spacial score (nSPS) is 10.1. The summed E-state index contributed by atoms with van der Waals surface area (Å²) in [5.41, 5.74) is -1.05. The van der Waals surface area contributed by atoms with E-state index in [1.807, 2.05) is 5.32 Å². The standard InChI is InChI=1S/C14H8ClF2N3O4/c15-9-3-2-8(6-12(9)20(23)24)18-13(21)14(22)19-11-5-7(16)1-4-10(11)17/h1-6H,(H,18,21)(H,19,22). The molecule has 0 aromatic heterocycles. The van der Waals surface area contributed by atoms with Gasteiger partial charge in [-0.15, -0.1) is 0 Å². The van der Waals surface area contributed by atoms with Gasteiger partial charge in [0.2, 0.25) is 0 Å². The van der Waals surface area contributed by atoms with Gasteiger partial charge in [-0.3, -0.25) is 19.7 Å². The Morgan fingerprint density at radius 1 is 1.04 bits per heavy atom. The van der Waals surface area contributed by atoms with Gasteiger partial charge in [0.15, 0.2) is 0 Å². The van der Waals surface area contributed by atoms with Crippen LogP contribution in [0.15, 0.2) is 36.4 Å². The summed E-state index contributed by atoms with van der Waals surface area (Å²) in [4.78, 5) is 33.4. The summed E-state index contributed by atoms with van der Waals surface area (Å²) in [5, 5.41) is 14.6. The van der Waals surface area contributed by atoms with Crippen LogP contribution < -0.4 is 10.6 Å². The first-order chi connectivity index (χ1) is 11.3. The highest BCUT2D eigenvalue weighted by molar-refractivity contribution is 6.43. The van der Waals surface area contributed by atoms with Crippen LogP contribution in [0.25, 0.3) is 0 Å². The molecule has 0 aliphatic rings. The number of halogens is 3. The van der Waals surface area contributed by atoms with E-state index in [2.05, 4.69) is 5.32 Å². The highest BCUT2D eigenvalue weighted by Crippen LogP contribution is 2.27. The van der Waals surface area contributed by atoms with E-state index in [9.17, 15) is 28.5 Å². The van der Waals surface area contributed by atoms with Gasteiger partial charge < -0.3 is 10.6 Å². The van der Waals surface area contributed by atoms with E-state index in [4.69, 9.17) is 11.6 Å². The van der Waals surface area contributed by atoms with Crippen molar-refractivity contribution < 1.29 is 23.3 Å². The Morgan fingerprint density at radius 2 is 1.71 bits per heavy atom.